The van der Waals surface area contributed by atoms with Gasteiger partial charge in [0, 0.05) is 18.3 Å². The fourth-order valence-electron chi connectivity index (χ4n) is 2.46. The lowest BCUT2D eigenvalue weighted by atomic mass is 10.2. The minimum Gasteiger partial charge on any atom is -0.495 e. The van der Waals surface area contributed by atoms with Crippen LogP contribution in [0.15, 0.2) is 42.5 Å². The van der Waals surface area contributed by atoms with E-state index in [-0.39, 0.29) is 5.82 Å². The summed E-state index contributed by atoms with van der Waals surface area (Å²) in [5.74, 6) is 0.461. The summed E-state index contributed by atoms with van der Waals surface area (Å²) in [7, 11) is 1.61. The molecule has 0 bridgehead atoms. The average Bonchev–Trinajstić information content (AvgIpc) is 2.82. The molecule has 1 heterocycles. The molecule has 0 saturated carbocycles. The Labute approximate surface area is 106 Å². The second-order valence-corrected chi connectivity index (χ2v) is 4.35. The molecule has 0 N–H and O–H groups in total. The monoisotopic (exact) mass is 243 g/mol. The molecule has 0 unspecified atom stereocenters. The predicted octanol–water partition coefficient (Wildman–Crippen LogP) is 3.53. The summed E-state index contributed by atoms with van der Waals surface area (Å²) in [6, 6.07) is 12.8. The highest BCUT2D eigenvalue weighted by Crippen LogP contribution is 2.39. The summed E-state index contributed by atoms with van der Waals surface area (Å²) < 4.78 is 18.8. The van der Waals surface area contributed by atoms with Gasteiger partial charge in [-0.05, 0) is 30.2 Å². The van der Waals surface area contributed by atoms with E-state index in [1.165, 1.54) is 17.7 Å². The van der Waals surface area contributed by atoms with E-state index in [9.17, 15) is 4.39 Å². The lowest BCUT2D eigenvalue weighted by Crippen LogP contribution is -2.14. The molecule has 92 valence electrons. The Bertz CT molecular complexity index is 582. The van der Waals surface area contributed by atoms with Crippen LogP contribution < -0.4 is 9.64 Å². The molecular weight excluding hydrogens is 229 g/mol. The molecule has 2 nitrogen and oxygen atoms in total. The van der Waals surface area contributed by atoms with E-state index in [2.05, 4.69) is 17.0 Å². The van der Waals surface area contributed by atoms with Crippen LogP contribution in [0.3, 0.4) is 0 Å². The largest absolute Gasteiger partial charge is 0.495 e. The zero-order chi connectivity index (χ0) is 12.5. The average molecular weight is 243 g/mol. The molecule has 0 spiro atoms. The van der Waals surface area contributed by atoms with Crippen molar-refractivity contribution in [3.63, 3.8) is 0 Å². The van der Waals surface area contributed by atoms with Gasteiger partial charge in [0.15, 0.2) is 0 Å². The Balaban J connectivity index is 2.09. The van der Waals surface area contributed by atoms with Gasteiger partial charge in [0.1, 0.15) is 11.6 Å². The van der Waals surface area contributed by atoms with E-state index >= 15 is 0 Å². The molecule has 0 fully saturated rings. The highest BCUT2D eigenvalue weighted by Gasteiger charge is 2.22. The van der Waals surface area contributed by atoms with Gasteiger partial charge in [0.05, 0.1) is 12.8 Å². The van der Waals surface area contributed by atoms with Crippen LogP contribution >= 0.6 is 0 Å². The van der Waals surface area contributed by atoms with Crippen molar-refractivity contribution in [3.8, 4) is 5.75 Å². The van der Waals surface area contributed by atoms with Crippen molar-refractivity contribution in [2.75, 3.05) is 18.6 Å². The Morgan fingerprint density at radius 1 is 1.11 bits per heavy atom. The van der Waals surface area contributed by atoms with Gasteiger partial charge in [0.25, 0.3) is 0 Å². The van der Waals surface area contributed by atoms with E-state index < -0.39 is 0 Å². The molecule has 3 heteroatoms. The number of halogens is 1. The molecule has 0 aliphatic carbocycles. The minimum atomic E-state index is -0.241. The van der Waals surface area contributed by atoms with Crippen LogP contribution in [0, 0.1) is 5.82 Å². The number of methoxy groups -OCH3 is 1. The van der Waals surface area contributed by atoms with Gasteiger partial charge in [0.2, 0.25) is 0 Å². The van der Waals surface area contributed by atoms with Crippen molar-refractivity contribution in [2.45, 2.75) is 6.42 Å². The van der Waals surface area contributed by atoms with Gasteiger partial charge >= 0.3 is 0 Å². The number of hydrogen-bond acceptors (Lipinski definition) is 2. The number of anilines is 2. The summed E-state index contributed by atoms with van der Waals surface area (Å²) in [6.45, 7) is 0.860. The highest BCUT2D eigenvalue weighted by molar-refractivity contribution is 5.74. The number of fused-ring (bicyclic) bond motifs is 1. The summed E-state index contributed by atoms with van der Waals surface area (Å²) in [6.07, 6.45) is 0.982. The third kappa shape index (κ3) is 1.72. The van der Waals surface area contributed by atoms with E-state index in [4.69, 9.17) is 4.74 Å². The van der Waals surface area contributed by atoms with Gasteiger partial charge in [-0.2, -0.15) is 0 Å². The fraction of sp³-hybridized carbons (Fsp3) is 0.200. The van der Waals surface area contributed by atoms with Crippen molar-refractivity contribution in [3.05, 3.63) is 53.8 Å². The Morgan fingerprint density at radius 2 is 1.94 bits per heavy atom. The van der Waals surface area contributed by atoms with Gasteiger partial charge in [-0.25, -0.2) is 4.39 Å². The number of nitrogens with zero attached hydrogens (tertiary/aromatic N) is 1. The van der Waals surface area contributed by atoms with E-state index in [1.54, 1.807) is 13.2 Å². The van der Waals surface area contributed by atoms with Crippen LogP contribution in [0.1, 0.15) is 5.56 Å². The lowest BCUT2D eigenvalue weighted by Gasteiger charge is -2.22. The standard InChI is InChI=1S/C15H14FNO/c1-18-15-7-6-12(16)10-14(15)17-9-8-11-4-2-3-5-13(11)17/h2-7,10H,8-9H2,1H3. The molecule has 0 radical (unpaired) electrons. The van der Waals surface area contributed by atoms with Crippen LogP contribution in [0.25, 0.3) is 0 Å². The first kappa shape index (κ1) is 11.1. The molecular formula is C15H14FNO. The zero-order valence-corrected chi connectivity index (χ0v) is 10.2. The summed E-state index contributed by atoms with van der Waals surface area (Å²) in [5, 5.41) is 0. The quantitative estimate of drug-likeness (QED) is 0.800. The molecule has 1 aliphatic rings. The molecule has 2 aromatic rings. The predicted molar refractivity (Wildman–Crippen MR) is 70.1 cm³/mol. The Kier molecular flexibility index (Phi) is 2.67. The van der Waals surface area contributed by atoms with Gasteiger partial charge in [-0.3, -0.25) is 0 Å². The maximum Gasteiger partial charge on any atom is 0.142 e. The van der Waals surface area contributed by atoms with Gasteiger partial charge < -0.3 is 9.64 Å². The van der Waals surface area contributed by atoms with E-state index in [1.807, 2.05) is 12.1 Å². The molecule has 0 saturated heterocycles. The van der Waals surface area contributed by atoms with Crippen molar-refractivity contribution in [1.29, 1.82) is 0 Å². The lowest BCUT2D eigenvalue weighted by molar-refractivity contribution is 0.414. The zero-order valence-electron chi connectivity index (χ0n) is 10.2. The second kappa shape index (κ2) is 4.33. The Morgan fingerprint density at radius 3 is 2.78 bits per heavy atom. The molecule has 3 rings (SSSR count). The number of benzene rings is 2. The maximum absolute atomic E-state index is 13.4. The number of para-hydroxylation sites is 1. The van der Waals surface area contributed by atoms with Crippen LogP contribution in [0.5, 0.6) is 5.75 Å². The molecule has 0 aromatic heterocycles. The van der Waals surface area contributed by atoms with Crippen LogP contribution in [-0.2, 0) is 6.42 Å². The second-order valence-electron chi connectivity index (χ2n) is 4.35. The molecule has 0 atom stereocenters. The first-order valence-electron chi connectivity index (χ1n) is 5.98. The highest BCUT2D eigenvalue weighted by atomic mass is 19.1. The Hall–Kier alpha value is -2.03. The molecule has 0 amide bonds. The SMILES string of the molecule is COc1ccc(F)cc1N1CCc2ccccc21. The normalized spacial score (nSPS) is 13.6. The molecule has 1 aliphatic heterocycles. The summed E-state index contributed by atoms with van der Waals surface area (Å²) in [4.78, 5) is 2.11. The third-order valence-electron chi connectivity index (χ3n) is 3.32. The van der Waals surface area contributed by atoms with Crippen molar-refractivity contribution >= 4 is 11.4 Å². The molecule has 18 heavy (non-hydrogen) atoms. The van der Waals surface area contributed by atoms with Crippen LogP contribution in [0.4, 0.5) is 15.8 Å². The topological polar surface area (TPSA) is 12.5 Å². The van der Waals surface area contributed by atoms with Crippen LogP contribution in [-0.4, -0.2) is 13.7 Å². The maximum atomic E-state index is 13.4. The summed E-state index contributed by atoms with van der Waals surface area (Å²) in [5.41, 5.74) is 3.23. The smallest absolute Gasteiger partial charge is 0.142 e. The van der Waals surface area contributed by atoms with Gasteiger partial charge in [-0.15, -0.1) is 0 Å². The fourth-order valence-corrected chi connectivity index (χ4v) is 2.46. The van der Waals surface area contributed by atoms with Crippen molar-refractivity contribution in [2.24, 2.45) is 0 Å². The van der Waals surface area contributed by atoms with E-state index in [0.717, 1.165) is 24.3 Å². The first-order valence-corrected chi connectivity index (χ1v) is 5.98. The number of rotatable bonds is 2. The first-order chi connectivity index (χ1) is 8.79. The van der Waals surface area contributed by atoms with E-state index in [0.29, 0.717) is 5.75 Å². The van der Waals surface area contributed by atoms with Gasteiger partial charge in [-0.1, -0.05) is 18.2 Å². The minimum absolute atomic E-state index is 0.241. The number of ether oxygens (including phenoxy) is 1. The van der Waals surface area contributed by atoms with Crippen LogP contribution in [0.2, 0.25) is 0 Å². The van der Waals surface area contributed by atoms with Crippen molar-refractivity contribution in [1.82, 2.24) is 0 Å². The number of hydrogen-bond donors (Lipinski definition) is 0. The third-order valence-corrected chi connectivity index (χ3v) is 3.32. The summed E-state index contributed by atoms with van der Waals surface area (Å²) >= 11 is 0. The van der Waals surface area contributed by atoms with Crippen molar-refractivity contribution < 1.29 is 9.13 Å². The molecule has 2 aromatic carbocycles.